The second-order valence-corrected chi connectivity index (χ2v) is 6.95. The fourth-order valence-electron chi connectivity index (χ4n) is 3.62. The van der Waals surface area contributed by atoms with Gasteiger partial charge in [0.15, 0.2) is 0 Å². The fourth-order valence-corrected chi connectivity index (χ4v) is 3.62. The van der Waals surface area contributed by atoms with Crippen LogP contribution >= 0.6 is 0 Å². The predicted molar refractivity (Wildman–Crippen MR) is 97.5 cm³/mol. The average Bonchev–Trinajstić information content (AvgIpc) is 3.43. The number of nitrogens with zero attached hydrogens (tertiary/aromatic N) is 1. The second kappa shape index (κ2) is 6.36. The summed E-state index contributed by atoms with van der Waals surface area (Å²) in [5.74, 6) is 0.113. The van der Waals surface area contributed by atoms with Gasteiger partial charge in [0.25, 0.3) is 5.91 Å². The maximum absolute atomic E-state index is 12.9. The first-order chi connectivity index (χ1) is 12.1. The largest absolute Gasteiger partial charge is 0.345 e. The van der Waals surface area contributed by atoms with Gasteiger partial charge in [-0.3, -0.25) is 9.59 Å². The zero-order chi connectivity index (χ0) is 17.4. The lowest BCUT2D eigenvalue weighted by atomic mass is 10.1. The van der Waals surface area contributed by atoms with Crippen LogP contribution in [0.15, 0.2) is 48.5 Å². The van der Waals surface area contributed by atoms with E-state index in [4.69, 9.17) is 0 Å². The first-order valence-electron chi connectivity index (χ1n) is 8.90. The minimum atomic E-state index is -0.118. The fraction of sp³-hybridized carbons (Fsp3) is 0.333. The van der Waals surface area contributed by atoms with Crippen LogP contribution in [0.4, 0.5) is 5.69 Å². The molecule has 0 saturated heterocycles. The Labute approximate surface area is 147 Å². The van der Waals surface area contributed by atoms with Gasteiger partial charge in [-0.15, -0.1) is 0 Å². The Morgan fingerprint density at radius 3 is 2.52 bits per heavy atom. The zero-order valence-corrected chi connectivity index (χ0v) is 14.4. The Balaban J connectivity index is 1.56. The lowest BCUT2D eigenvalue weighted by Gasteiger charge is -2.21. The van der Waals surface area contributed by atoms with Crippen molar-refractivity contribution in [2.24, 2.45) is 5.92 Å². The predicted octanol–water partition coefficient (Wildman–Crippen LogP) is 3.48. The number of carbonyl (C=O) groups excluding carboxylic acids is 2. The number of nitrogens with one attached hydrogen (secondary N) is 1. The van der Waals surface area contributed by atoms with E-state index in [9.17, 15) is 9.59 Å². The van der Waals surface area contributed by atoms with E-state index in [2.05, 4.69) is 17.4 Å². The van der Waals surface area contributed by atoms with Gasteiger partial charge < -0.3 is 10.2 Å². The number of benzene rings is 2. The topological polar surface area (TPSA) is 49.4 Å². The van der Waals surface area contributed by atoms with Crippen molar-refractivity contribution in [2.75, 3.05) is 11.9 Å². The number of aryl methyl sites for hydroxylation is 1. The molecule has 0 heterocycles. The highest BCUT2D eigenvalue weighted by atomic mass is 16.2. The summed E-state index contributed by atoms with van der Waals surface area (Å²) in [6, 6.07) is 15.7. The van der Waals surface area contributed by atoms with Crippen molar-refractivity contribution in [1.29, 1.82) is 0 Å². The molecular formula is C21H22N2O2. The molecule has 0 spiro atoms. The van der Waals surface area contributed by atoms with E-state index in [1.54, 1.807) is 18.0 Å². The van der Waals surface area contributed by atoms with Crippen LogP contribution in [-0.4, -0.2) is 18.9 Å². The molecule has 2 amide bonds. The average molecular weight is 334 g/mol. The quantitative estimate of drug-likeness (QED) is 0.931. The van der Waals surface area contributed by atoms with Crippen LogP contribution in [0.2, 0.25) is 0 Å². The summed E-state index contributed by atoms with van der Waals surface area (Å²) in [7, 11) is 1.76. The monoisotopic (exact) mass is 334 g/mol. The summed E-state index contributed by atoms with van der Waals surface area (Å²) in [5.41, 5.74) is 3.75. The summed E-state index contributed by atoms with van der Waals surface area (Å²) in [6.45, 7) is 0. The minimum Gasteiger partial charge on any atom is -0.345 e. The second-order valence-electron chi connectivity index (χ2n) is 6.95. The number of anilines is 1. The molecule has 0 radical (unpaired) electrons. The smallest absolute Gasteiger partial charge is 0.253 e. The van der Waals surface area contributed by atoms with Crippen molar-refractivity contribution in [3.63, 3.8) is 0 Å². The third kappa shape index (κ3) is 3.04. The third-order valence-electron chi connectivity index (χ3n) is 5.21. The molecule has 25 heavy (non-hydrogen) atoms. The number of carbonyl (C=O) groups is 2. The highest BCUT2D eigenvalue weighted by Gasteiger charge is 2.33. The summed E-state index contributed by atoms with van der Waals surface area (Å²) in [4.78, 5) is 26.9. The molecule has 4 rings (SSSR count). The van der Waals surface area contributed by atoms with Crippen molar-refractivity contribution in [1.82, 2.24) is 5.32 Å². The van der Waals surface area contributed by atoms with Gasteiger partial charge in [0.1, 0.15) is 0 Å². The zero-order valence-electron chi connectivity index (χ0n) is 14.4. The van der Waals surface area contributed by atoms with E-state index in [-0.39, 0.29) is 23.8 Å². The lowest BCUT2D eigenvalue weighted by Crippen LogP contribution is -2.32. The van der Waals surface area contributed by atoms with E-state index in [1.807, 2.05) is 30.3 Å². The molecule has 4 nitrogen and oxygen atoms in total. The van der Waals surface area contributed by atoms with Gasteiger partial charge in [0.05, 0.1) is 17.3 Å². The van der Waals surface area contributed by atoms with Gasteiger partial charge in [0.2, 0.25) is 5.91 Å². The SMILES string of the molecule is CN(C(=O)C1CC1)c1ccccc1C(=O)N[C@H]1CCc2ccccc21. The summed E-state index contributed by atoms with van der Waals surface area (Å²) in [5, 5.41) is 3.15. The molecule has 1 fully saturated rings. The van der Waals surface area contributed by atoms with Gasteiger partial charge in [-0.1, -0.05) is 36.4 Å². The van der Waals surface area contributed by atoms with Crippen LogP contribution in [0.1, 0.15) is 46.8 Å². The molecule has 2 aliphatic carbocycles. The molecule has 2 aromatic carbocycles. The minimum absolute atomic E-state index is 0.0428. The lowest BCUT2D eigenvalue weighted by molar-refractivity contribution is -0.119. The number of fused-ring (bicyclic) bond motifs is 1. The third-order valence-corrected chi connectivity index (χ3v) is 5.21. The Bertz CT molecular complexity index is 826. The number of amides is 2. The first kappa shape index (κ1) is 15.9. The van der Waals surface area contributed by atoms with E-state index in [1.165, 1.54) is 11.1 Å². The van der Waals surface area contributed by atoms with Crippen LogP contribution in [0, 0.1) is 5.92 Å². The van der Waals surface area contributed by atoms with Crippen molar-refractivity contribution in [2.45, 2.75) is 31.7 Å². The molecule has 0 unspecified atom stereocenters. The molecule has 0 aromatic heterocycles. The van der Waals surface area contributed by atoms with E-state index < -0.39 is 0 Å². The van der Waals surface area contributed by atoms with Crippen LogP contribution in [0.25, 0.3) is 0 Å². The van der Waals surface area contributed by atoms with Crippen molar-refractivity contribution >= 4 is 17.5 Å². The van der Waals surface area contributed by atoms with E-state index in [0.29, 0.717) is 11.3 Å². The highest BCUT2D eigenvalue weighted by molar-refractivity contribution is 6.05. The van der Waals surface area contributed by atoms with Crippen LogP contribution < -0.4 is 10.2 Å². The number of hydrogen-bond acceptors (Lipinski definition) is 2. The van der Waals surface area contributed by atoms with Gasteiger partial charge >= 0.3 is 0 Å². The molecule has 4 heteroatoms. The molecule has 2 aromatic rings. The Kier molecular flexibility index (Phi) is 4.04. The molecule has 0 bridgehead atoms. The number of rotatable bonds is 4. The van der Waals surface area contributed by atoms with Crippen LogP contribution in [-0.2, 0) is 11.2 Å². The van der Waals surface area contributed by atoms with Crippen molar-refractivity contribution in [3.8, 4) is 0 Å². The van der Waals surface area contributed by atoms with Crippen LogP contribution in [0.3, 0.4) is 0 Å². The number of hydrogen-bond donors (Lipinski definition) is 1. The molecule has 0 aliphatic heterocycles. The summed E-state index contributed by atoms with van der Waals surface area (Å²) in [6.07, 6.45) is 3.82. The van der Waals surface area contributed by atoms with Gasteiger partial charge in [-0.25, -0.2) is 0 Å². The molecule has 1 saturated carbocycles. The summed E-state index contributed by atoms with van der Waals surface area (Å²) >= 11 is 0. The molecule has 2 aliphatic rings. The van der Waals surface area contributed by atoms with E-state index in [0.717, 1.165) is 25.7 Å². The first-order valence-corrected chi connectivity index (χ1v) is 8.90. The maximum Gasteiger partial charge on any atom is 0.253 e. The molecule has 1 N–H and O–H groups in total. The van der Waals surface area contributed by atoms with Gasteiger partial charge in [0, 0.05) is 13.0 Å². The Morgan fingerprint density at radius 1 is 1.00 bits per heavy atom. The molecule has 1 atom stereocenters. The van der Waals surface area contributed by atoms with Crippen molar-refractivity contribution in [3.05, 3.63) is 65.2 Å². The van der Waals surface area contributed by atoms with E-state index >= 15 is 0 Å². The van der Waals surface area contributed by atoms with Gasteiger partial charge in [-0.2, -0.15) is 0 Å². The summed E-state index contributed by atoms with van der Waals surface area (Å²) < 4.78 is 0. The van der Waals surface area contributed by atoms with Gasteiger partial charge in [-0.05, 0) is 48.9 Å². The van der Waals surface area contributed by atoms with Crippen molar-refractivity contribution < 1.29 is 9.59 Å². The Morgan fingerprint density at radius 2 is 1.72 bits per heavy atom. The maximum atomic E-state index is 12.9. The Hall–Kier alpha value is -2.62. The standard InChI is InChI=1S/C21H22N2O2/c1-23(21(25)15-10-11-15)19-9-5-4-8-17(19)20(24)22-18-13-12-14-6-2-3-7-16(14)18/h2-9,15,18H,10-13H2,1H3,(H,22,24)/t18-/m0/s1. The van der Waals surface area contributed by atoms with Crippen LogP contribution in [0.5, 0.6) is 0 Å². The number of para-hydroxylation sites is 1. The molecule has 128 valence electrons. The highest BCUT2D eigenvalue weighted by Crippen LogP contribution is 2.34. The molecular weight excluding hydrogens is 312 g/mol. The normalized spacial score (nSPS) is 18.5.